The Morgan fingerprint density at radius 2 is 1.65 bits per heavy atom. The first kappa shape index (κ1) is 15.1. The average Bonchev–Trinajstić information content (AvgIpc) is 2.20. The summed E-state index contributed by atoms with van der Waals surface area (Å²) in [6.07, 6.45) is -2.08. The van der Waals surface area contributed by atoms with Crippen LogP contribution in [0.3, 0.4) is 0 Å². The molecule has 0 aromatic rings. The number of urea groups is 1. The van der Waals surface area contributed by atoms with E-state index in [4.69, 9.17) is 20.4 Å². The molecule has 9 heteroatoms. The molecule has 6 N–H and O–H groups in total. The monoisotopic (exact) mass is 250 g/mol. The highest BCUT2D eigenvalue weighted by atomic mass is 16.5. The van der Waals surface area contributed by atoms with Gasteiger partial charge in [0.05, 0.1) is 0 Å². The molecule has 0 aliphatic rings. The third kappa shape index (κ3) is 7.99. The summed E-state index contributed by atoms with van der Waals surface area (Å²) in [6.45, 7) is -0.638. The largest absolute Gasteiger partial charge is 0.480 e. The topological polar surface area (TPSA) is 156 Å². The number of aliphatic carboxylic acids is 2. The van der Waals surface area contributed by atoms with Crippen LogP contribution in [-0.2, 0) is 9.59 Å². The molecule has 0 bridgehead atoms. The van der Waals surface area contributed by atoms with Gasteiger partial charge in [0.2, 0.25) is 0 Å². The van der Waals surface area contributed by atoms with Gasteiger partial charge in [-0.1, -0.05) is 0 Å². The summed E-state index contributed by atoms with van der Waals surface area (Å²) in [7, 11) is 0. The van der Waals surface area contributed by atoms with Crippen LogP contribution in [0.15, 0.2) is 0 Å². The van der Waals surface area contributed by atoms with Gasteiger partial charge >= 0.3 is 18.0 Å². The maximum absolute atomic E-state index is 11.0. The fourth-order valence-electron chi connectivity index (χ4n) is 0.938. The first-order valence-electron chi connectivity index (χ1n) is 4.68. The van der Waals surface area contributed by atoms with E-state index in [9.17, 15) is 14.4 Å². The van der Waals surface area contributed by atoms with E-state index >= 15 is 0 Å². The van der Waals surface area contributed by atoms with Crippen molar-refractivity contribution in [3.05, 3.63) is 0 Å². The van der Waals surface area contributed by atoms with Crippen molar-refractivity contribution in [3.63, 3.8) is 0 Å². The molecule has 9 nitrogen and oxygen atoms in total. The number of hydrogen-bond acceptors (Lipinski definition) is 5. The predicted molar refractivity (Wildman–Crippen MR) is 53.1 cm³/mol. The van der Waals surface area contributed by atoms with Gasteiger partial charge in [-0.3, -0.25) is 4.79 Å². The molecule has 98 valence electrons. The summed E-state index contributed by atoms with van der Waals surface area (Å²) in [5, 5.41) is 38.0. The van der Waals surface area contributed by atoms with Crippen molar-refractivity contribution >= 4 is 18.0 Å². The molecule has 0 radical (unpaired) electrons. The molecule has 0 saturated heterocycles. The van der Waals surface area contributed by atoms with Gasteiger partial charge in [0.1, 0.15) is 12.6 Å². The first-order chi connectivity index (χ1) is 7.82. The van der Waals surface area contributed by atoms with E-state index in [1.54, 1.807) is 0 Å². The number of aliphatic hydroxyl groups excluding tert-OH is 1. The van der Waals surface area contributed by atoms with E-state index < -0.39 is 36.8 Å². The minimum absolute atomic E-state index is 0.187. The molecule has 17 heavy (non-hydrogen) atoms. The van der Waals surface area contributed by atoms with Crippen LogP contribution >= 0.6 is 0 Å². The fraction of sp³-hybridized carbons (Fsp3) is 0.625. The quantitative estimate of drug-likeness (QED) is 0.283. The molecule has 0 fully saturated rings. The summed E-state index contributed by atoms with van der Waals surface area (Å²) >= 11 is 0. The summed E-state index contributed by atoms with van der Waals surface area (Å²) < 4.78 is 0. The lowest BCUT2D eigenvalue weighted by Crippen LogP contribution is -2.47. The van der Waals surface area contributed by atoms with Crippen molar-refractivity contribution < 1.29 is 34.8 Å². The van der Waals surface area contributed by atoms with Crippen LogP contribution in [0, 0.1) is 0 Å². The number of nitrogens with one attached hydrogen (secondary N) is 2. The van der Waals surface area contributed by atoms with E-state index in [0.29, 0.717) is 0 Å². The van der Waals surface area contributed by atoms with Gasteiger partial charge in [-0.15, -0.1) is 0 Å². The number of carbonyl (C=O) groups excluding carboxylic acids is 1. The molecule has 0 aliphatic carbocycles. The van der Waals surface area contributed by atoms with Crippen LogP contribution in [0.5, 0.6) is 0 Å². The Morgan fingerprint density at radius 1 is 1.06 bits per heavy atom. The van der Waals surface area contributed by atoms with Crippen LogP contribution < -0.4 is 10.6 Å². The van der Waals surface area contributed by atoms with Crippen molar-refractivity contribution in [3.8, 4) is 0 Å². The Hall–Kier alpha value is -1.87. The summed E-state index contributed by atoms with van der Waals surface area (Å²) in [5.74, 6) is -2.62. The van der Waals surface area contributed by atoms with E-state index in [0.717, 1.165) is 0 Å². The molecule has 0 aromatic heterocycles. The lowest BCUT2D eigenvalue weighted by Gasteiger charge is -2.15. The maximum Gasteiger partial charge on any atom is 0.326 e. The zero-order valence-electron chi connectivity index (χ0n) is 8.79. The van der Waals surface area contributed by atoms with Gasteiger partial charge in [-0.2, -0.15) is 0 Å². The van der Waals surface area contributed by atoms with Crippen molar-refractivity contribution in [2.24, 2.45) is 0 Å². The van der Waals surface area contributed by atoms with Gasteiger partial charge < -0.3 is 31.1 Å². The number of carbonyl (C=O) groups is 3. The highest BCUT2D eigenvalue weighted by Crippen LogP contribution is 2.00. The summed E-state index contributed by atoms with van der Waals surface area (Å²) in [4.78, 5) is 31.8. The smallest absolute Gasteiger partial charge is 0.326 e. The predicted octanol–water partition coefficient (Wildman–Crippen LogP) is -2.09. The number of amides is 2. The molecule has 0 spiro atoms. The lowest BCUT2D eigenvalue weighted by atomic mass is 10.1. The SMILES string of the molecule is O=C(O)CNC(=O)N[C@@H](CCC(O)O)C(=O)O. The number of aliphatic hydroxyl groups is 2. The lowest BCUT2D eigenvalue weighted by molar-refractivity contribution is -0.139. The number of carboxylic acid groups (broad SMARTS) is 2. The molecule has 0 saturated carbocycles. The minimum Gasteiger partial charge on any atom is -0.480 e. The third-order valence-corrected chi connectivity index (χ3v) is 1.72. The van der Waals surface area contributed by atoms with Crippen molar-refractivity contribution in [2.45, 2.75) is 25.2 Å². The van der Waals surface area contributed by atoms with E-state index in [1.165, 1.54) is 0 Å². The first-order valence-corrected chi connectivity index (χ1v) is 4.68. The van der Waals surface area contributed by atoms with Gasteiger partial charge in [-0.25, -0.2) is 9.59 Å². The second-order valence-corrected chi connectivity index (χ2v) is 3.17. The molecular formula is C8H14N2O7. The molecule has 0 heterocycles. The molecule has 0 aliphatic heterocycles. The maximum atomic E-state index is 11.0. The second-order valence-electron chi connectivity index (χ2n) is 3.17. The van der Waals surface area contributed by atoms with E-state index in [1.807, 2.05) is 10.6 Å². The van der Waals surface area contributed by atoms with Gasteiger partial charge in [0, 0.05) is 6.42 Å². The molecule has 0 rings (SSSR count). The Labute approximate surface area is 96.1 Å². The van der Waals surface area contributed by atoms with Crippen molar-refractivity contribution in [1.82, 2.24) is 10.6 Å². The van der Waals surface area contributed by atoms with Crippen LogP contribution in [0.1, 0.15) is 12.8 Å². The molecule has 0 aromatic carbocycles. The summed E-state index contributed by atoms with van der Waals surface area (Å²) in [5.41, 5.74) is 0. The standard InChI is InChI=1S/C8H14N2O7/c11-5(12)2-1-4(7(15)16)10-8(17)9-3-6(13)14/h4-5,11-12H,1-3H2,(H,13,14)(H,15,16)(H2,9,10,17)/t4-/m0/s1. The Morgan fingerprint density at radius 3 is 2.06 bits per heavy atom. The van der Waals surface area contributed by atoms with Crippen molar-refractivity contribution in [1.29, 1.82) is 0 Å². The van der Waals surface area contributed by atoms with Gasteiger partial charge in [0.25, 0.3) is 0 Å². The number of hydrogen-bond donors (Lipinski definition) is 6. The van der Waals surface area contributed by atoms with Crippen LogP contribution in [0.25, 0.3) is 0 Å². The van der Waals surface area contributed by atoms with Crippen LogP contribution in [0.2, 0.25) is 0 Å². The number of rotatable bonds is 7. The normalized spacial score (nSPS) is 11.9. The van der Waals surface area contributed by atoms with Crippen LogP contribution in [0.4, 0.5) is 4.79 Å². The Bertz CT molecular complexity index is 292. The second kappa shape index (κ2) is 7.41. The fourth-order valence-corrected chi connectivity index (χ4v) is 0.938. The zero-order valence-corrected chi connectivity index (χ0v) is 8.79. The van der Waals surface area contributed by atoms with Gasteiger partial charge in [0.15, 0.2) is 6.29 Å². The molecule has 2 amide bonds. The van der Waals surface area contributed by atoms with Crippen LogP contribution in [-0.4, -0.2) is 57.3 Å². The molecule has 1 atom stereocenters. The number of carboxylic acids is 2. The average molecular weight is 250 g/mol. The minimum atomic E-state index is -1.67. The zero-order chi connectivity index (χ0) is 13.4. The van der Waals surface area contributed by atoms with E-state index in [-0.39, 0.29) is 12.8 Å². The van der Waals surface area contributed by atoms with E-state index in [2.05, 4.69) is 0 Å². The van der Waals surface area contributed by atoms with Gasteiger partial charge in [-0.05, 0) is 6.42 Å². The summed E-state index contributed by atoms with van der Waals surface area (Å²) in [6, 6.07) is -2.27. The Balaban J connectivity index is 4.11. The molecule has 0 unspecified atom stereocenters. The Kier molecular flexibility index (Phi) is 6.60. The van der Waals surface area contributed by atoms with Crippen molar-refractivity contribution in [2.75, 3.05) is 6.54 Å². The third-order valence-electron chi connectivity index (χ3n) is 1.72. The molecular weight excluding hydrogens is 236 g/mol. The highest BCUT2D eigenvalue weighted by Gasteiger charge is 2.20. The highest BCUT2D eigenvalue weighted by molar-refractivity contribution is 5.84.